The summed E-state index contributed by atoms with van der Waals surface area (Å²) in [6.07, 6.45) is 0. The zero-order valence-corrected chi connectivity index (χ0v) is 11.5. The van der Waals surface area contributed by atoms with E-state index in [0.717, 1.165) is 17.9 Å². The van der Waals surface area contributed by atoms with E-state index in [0.29, 0.717) is 6.04 Å². The Morgan fingerprint density at radius 2 is 1.94 bits per heavy atom. The van der Waals surface area contributed by atoms with Crippen LogP contribution in [0.15, 0.2) is 12.1 Å². The molecule has 3 nitrogen and oxygen atoms in total. The molecular weight excluding hydrogens is 212 g/mol. The van der Waals surface area contributed by atoms with Gasteiger partial charge in [0.15, 0.2) is 0 Å². The van der Waals surface area contributed by atoms with Crippen LogP contribution in [0, 0.1) is 13.8 Å². The van der Waals surface area contributed by atoms with Crippen molar-refractivity contribution in [3.8, 4) is 5.75 Å². The van der Waals surface area contributed by atoms with Crippen molar-refractivity contribution in [2.75, 3.05) is 13.7 Å². The van der Waals surface area contributed by atoms with E-state index in [1.54, 1.807) is 7.11 Å². The third-order valence-electron chi connectivity index (χ3n) is 2.83. The van der Waals surface area contributed by atoms with Gasteiger partial charge >= 0.3 is 0 Å². The molecule has 96 valence electrons. The molecule has 3 heteroatoms. The van der Waals surface area contributed by atoms with Gasteiger partial charge in [0.25, 0.3) is 0 Å². The van der Waals surface area contributed by atoms with Crippen molar-refractivity contribution in [2.24, 2.45) is 5.73 Å². The molecule has 1 aromatic carbocycles. The quantitative estimate of drug-likeness (QED) is 0.824. The van der Waals surface area contributed by atoms with Crippen LogP contribution >= 0.6 is 0 Å². The number of methoxy groups -OCH3 is 1. The second-order valence-corrected chi connectivity index (χ2v) is 4.87. The van der Waals surface area contributed by atoms with Crippen molar-refractivity contribution in [1.29, 1.82) is 0 Å². The first-order chi connectivity index (χ1) is 7.95. The molecule has 0 aliphatic rings. The predicted molar refractivity (Wildman–Crippen MR) is 72.5 cm³/mol. The molecular formula is C14H24N2O. The fourth-order valence-electron chi connectivity index (χ4n) is 2.05. The number of hydrogen-bond donors (Lipinski definition) is 2. The van der Waals surface area contributed by atoms with Crippen molar-refractivity contribution in [3.05, 3.63) is 28.8 Å². The monoisotopic (exact) mass is 236 g/mol. The normalized spacial score (nSPS) is 12.9. The fourth-order valence-corrected chi connectivity index (χ4v) is 2.05. The van der Waals surface area contributed by atoms with E-state index in [1.165, 1.54) is 11.1 Å². The summed E-state index contributed by atoms with van der Waals surface area (Å²) in [5.74, 6) is 0.889. The number of nitrogens with two attached hydrogens (primary N) is 1. The van der Waals surface area contributed by atoms with Crippen LogP contribution in [0.4, 0.5) is 0 Å². The summed E-state index contributed by atoms with van der Waals surface area (Å²) in [5.41, 5.74) is 9.73. The zero-order valence-electron chi connectivity index (χ0n) is 11.5. The van der Waals surface area contributed by atoms with Crippen molar-refractivity contribution >= 4 is 0 Å². The van der Waals surface area contributed by atoms with Gasteiger partial charge in [0, 0.05) is 24.2 Å². The first-order valence-corrected chi connectivity index (χ1v) is 6.09. The lowest BCUT2D eigenvalue weighted by molar-refractivity contribution is 0.402. The van der Waals surface area contributed by atoms with E-state index in [4.69, 9.17) is 10.5 Å². The molecule has 1 unspecified atom stereocenters. The first-order valence-electron chi connectivity index (χ1n) is 6.09. The number of aryl methyl sites for hydroxylation is 2. The summed E-state index contributed by atoms with van der Waals surface area (Å²) in [6.45, 7) is 9.15. The highest BCUT2D eigenvalue weighted by molar-refractivity contribution is 5.45. The second-order valence-electron chi connectivity index (χ2n) is 4.87. The maximum Gasteiger partial charge on any atom is 0.124 e. The fraction of sp³-hybridized carbons (Fsp3) is 0.571. The lowest BCUT2D eigenvalue weighted by Crippen LogP contribution is -2.32. The molecule has 17 heavy (non-hydrogen) atoms. The molecule has 1 atom stereocenters. The summed E-state index contributed by atoms with van der Waals surface area (Å²) in [6, 6.07) is 4.59. The molecule has 0 saturated heterocycles. The van der Waals surface area contributed by atoms with Crippen LogP contribution in [0.3, 0.4) is 0 Å². The maximum absolute atomic E-state index is 6.23. The predicted octanol–water partition coefficient (Wildman–Crippen LogP) is 2.31. The van der Waals surface area contributed by atoms with Gasteiger partial charge in [-0.05, 0) is 31.0 Å². The van der Waals surface area contributed by atoms with E-state index in [2.05, 4.69) is 39.1 Å². The Balaban J connectivity index is 2.95. The zero-order chi connectivity index (χ0) is 13.0. The third kappa shape index (κ3) is 3.72. The van der Waals surface area contributed by atoms with Crippen LogP contribution in [0.1, 0.15) is 36.6 Å². The summed E-state index contributed by atoms with van der Waals surface area (Å²) >= 11 is 0. The maximum atomic E-state index is 6.23. The van der Waals surface area contributed by atoms with Crippen LogP contribution in [0.25, 0.3) is 0 Å². The molecule has 0 fully saturated rings. The minimum Gasteiger partial charge on any atom is -0.496 e. The Morgan fingerprint density at radius 3 is 2.47 bits per heavy atom. The summed E-state index contributed by atoms with van der Waals surface area (Å²) in [4.78, 5) is 0. The minimum absolute atomic E-state index is 0.0343. The number of nitrogens with one attached hydrogen (secondary N) is 1. The van der Waals surface area contributed by atoms with Gasteiger partial charge < -0.3 is 15.8 Å². The van der Waals surface area contributed by atoms with E-state index in [9.17, 15) is 0 Å². The van der Waals surface area contributed by atoms with Crippen LogP contribution < -0.4 is 15.8 Å². The standard InChI is InChI=1S/C14H24N2O/c1-9(2)16-8-12(15)14-11(4)6-10(3)7-13(14)17-5/h6-7,9,12,16H,8,15H2,1-5H3. The Morgan fingerprint density at radius 1 is 1.29 bits per heavy atom. The molecule has 3 N–H and O–H groups in total. The van der Waals surface area contributed by atoms with E-state index in [-0.39, 0.29) is 6.04 Å². The SMILES string of the molecule is COc1cc(C)cc(C)c1C(N)CNC(C)C. The molecule has 0 aromatic heterocycles. The number of benzene rings is 1. The molecule has 0 aliphatic carbocycles. The van der Waals surface area contributed by atoms with Gasteiger partial charge in [-0.25, -0.2) is 0 Å². The van der Waals surface area contributed by atoms with E-state index < -0.39 is 0 Å². The average molecular weight is 236 g/mol. The van der Waals surface area contributed by atoms with Gasteiger partial charge in [-0.2, -0.15) is 0 Å². The molecule has 1 aromatic rings. The molecule has 0 bridgehead atoms. The van der Waals surface area contributed by atoms with Crippen molar-refractivity contribution in [3.63, 3.8) is 0 Å². The number of ether oxygens (including phenoxy) is 1. The van der Waals surface area contributed by atoms with Crippen LogP contribution in [-0.2, 0) is 0 Å². The van der Waals surface area contributed by atoms with Crippen LogP contribution in [0.5, 0.6) is 5.75 Å². The molecule has 0 amide bonds. The second kappa shape index (κ2) is 6.03. The van der Waals surface area contributed by atoms with Crippen LogP contribution in [0.2, 0.25) is 0 Å². The van der Waals surface area contributed by atoms with E-state index >= 15 is 0 Å². The van der Waals surface area contributed by atoms with Gasteiger partial charge in [-0.3, -0.25) is 0 Å². The van der Waals surface area contributed by atoms with Gasteiger partial charge in [-0.15, -0.1) is 0 Å². The lowest BCUT2D eigenvalue weighted by Gasteiger charge is -2.20. The number of rotatable bonds is 5. The Kier molecular flexibility index (Phi) is 4.97. The Bertz CT molecular complexity index is 375. The first kappa shape index (κ1) is 14.0. The van der Waals surface area contributed by atoms with Gasteiger partial charge in [0.2, 0.25) is 0 Å². The lowest BCUT2D eigenvalue weighted by atomic mass is 9.98. The molecule has 0 spiro atoms. The van der Waals surface area contributed by atoms with Gasteiger partial charge in [-0.1, -0.05) is 19.9 Å². The van der Waals surface area contributed by atoms with Crippen LogP contribution in [-0.4, -0.2) is 19.7 Å². The van der Waals surface area contributed by atoms with Crippen molar-refractivity contribution in [2.45, 2.75) is 39.8 Å². The smallest absolute Gasteiger partial charge is 0.124 e. The van der Waals surface area contributed by atoms with Crippen molar-refractivity contribution < 1.29 is 4.74 Å². The summed E-state index contributed by atoms with van der Waals surface area (Å²) < 4.78 is 5.43. The third-order valence-corrected chi connectivity index (χ3v) is 2.83. The number of hydrogen-bond acceptors (Lipinski definition) is 3. The Hall–Kier alpha value is -1.06. The molecule has 1 rings (SSSR count). The highest BCUT2D eigenvalue weighted by Gasteiger charge is 2.15. The molecule has 0 radical (unpaired) electrons. The van der Waals surface area contributed by atoms with Gasteiger partial charge in [0.1, 0.15) is 5.75 Å². The highest BCUT2D eigenvalue weighted by Crippen LogP contribution is 2.28. The van der Waals surface area contributed by atoms with Gasteiger partial charge in [0.05, 0.1) is 7.11 Å². The molecule has 0 heterocycles. The van der Waals surface area contributed by atoms with Crippen molar-refractivity contribution in [1.82, 2.24) is 5.32 Å². The molecule has 0 saturated carbocycles. The minimum atomic E-state index is -0.0343. The topological polar surface area (TPSA) is 47.3 Å². The van der Waals surface area contributed by atoms with E-state index in [1.807, 2.05) is 6.07 Å². The summed E-state index contributed by atoms with van der Waals surface area (Å²) in [5, 5.41) is 3.36. The largest absolute Gasteiger partial charge is 0.496 e. The summed E-state index contributed by atoms with van der Waals surface area (Å²) in [7, 11) is 1.69. The Labute approximate surface area is 104 Å². The average Bonchev–Trinajstić information content (AvgIpc) is 2.24. The highest BCUT2D eigenvalue weighted by atomic mass is 16.5. The molecule has 0 aliphatic heterocycles.